The Bertz CT molecular complexity index is 1750. The van der Waals surface area contributed by atoms with Crippen molar-refractivity contribution in [1.29, 1.82) is 0 Å². The summed E-state index contributed by atoms with van der Waals surface area (Å²) in [5.74, 6) is -1.64. The summed E-state index contributed by atoms with van der Waals surface area (Å²) in [4.78, 5) is 12.8. The first-order valence-electron chi connectivity index (χ1n) is 12.7. The highest BCUT2D eigenvalue weighted by atomic mass is 35.5. The molecule has 1 N–H and O–H groups in total. The number of rotatable bonds is 7. The van der Waals surface area contributed by atoms with Gasteiger partial charge in [-0.05, 0) is 59.5 Å². The van der Waals surface area contributed by atoms with Gasteiger partial charge in [0.05, 0.1) is 22.7 Å². The molecule has 0 fully saturated rings. The third kappa shape index (κ3) is 6.13. The minimum atomic E-state index is -4.90. The van der Waals surface area contributed by atoms with Gasteiger partial charge in [-0.3, -0.25) is 4.79 Å². The number of amides is 1. The Hall–Kier alpha value is -3.93. The number of nitrogens with one attached hydrogen (secondary N) is 1. The van der Waals surface area contributed by atoms with Crippen molar-refractivity contribution in [3.05, 3.63) is 118 Å². The standard InChI is InChI=1S/C30H23ClF4N2O4S/c31-24-14-13-20-18-37(42(39,40)26-12-5-4-11-25(26)41-21-8-2-1-3-9-21)16-15-22(20)29(24)36-27(38)17-19-7-6-10-23(28(19)32)30(33,34)35/h1-14H,15-18H2,(H,36,38). The van der Waals surface area contributed by atoms with Crippen molar-refractivity contribution in [2.75, 3.05) is 11.9 Å². The third-order valence-corrected chi connectivity index (χ3v) is 8.95. The van der Waals surface area contributed by atoms with Gasteiger partial charge in [0, 0.05) is 13.1 Å². The molecule has 0 bridgehead atoms. The average molecular weight is 619 g/mol. The number of para-hydroxylation sites is 2. The van der Waals surface area contributed by atoms with Gasteiger partial charge in [-0.25, -0.2) is 12.8 Å². The number of ether oxygens (including phenoxy) is 1. The molecule has 0 saturated heterocycles. The van der Waals surface area contributed by atoms with Gasteiger partial charge in [-0.1, -0.05) is 60.1 Å². The summed E-state index contributed by atoms with van der Waals surface area (Å²) in [5.41, 5.74) is -0.509. The van der Waals surface area contributed by atoms with Crippen molar-refractivity contribution in [3.63, 3.8) is 0 Å². The van der Waals surface area contributed by atoms with Crippen molar-refractivity contribution in [3.8, 4) is 11.5 Å². The van der Waals surface area contributed by atoms with Gasteiger partial charge in [0.2, 0.25) is 15.9 Å². The highest BCUT2D eigenvalue weighted by Gasteiger charge is 2.35. The van der Waals surface area contributed by atoms with Gasteiger partial charge in [0.25, 0.3) is 0 Å². The maximum absolute atomic E-state index is 14.5. The Morgan fingerprint density at radius 1 is 0.952 bits per heavy atom. The Balaban J connectivity index is 1.37. The number of hydrogen-bond acceptors (Lipinski definition) is 4. The molecule has 1 heterocycles. The van der Waals surface area contributed by atoms with Crippen molar-refractivity contribution in [2.24, 2.45) is 0 Å². The van der Waals surface area contributed by atoms with E-state index in [0.717, 1.165) is 12.1 Å². The van der Waals surface area contributed by atoms with E-state index in [2.05, 4.69) is 5.32 Å². The van der Waals surface area contributed by atoms with Crippen molar-refractivity contribution >= 4 is 33.2 Å². The van der Waals surface area contributed by atoms with Crippen LogP contribution in [0.2, 0.25) is 5.02 Å². The number of fused-ring (bicyclic) bond motifs is 1. The third-order valence-electron chi connectivity index (χ3n) is 6.75. The number of halogens is 5. The molecule has 6 nitrogen and oxygen atoms in total. The maximum atomic E-state index is 14.5. The van der Waals surface area contributed by atoms with Gasteiger partial charge in [0.15, 0.2) is 0 Å². The number of carbonyl (C=O) groups is 1. The van der Waals surface area contributed by atoms with Gasteiger partial charge >= 0.3 is 6.18 Å². The quantitative estimate of drug-likeness (QED) is 0.222. The zero-order chi connectivity index (χ0) is 30.1. The van der Waals surface area contributed by atoms with Crippen LogP contribution in [-0.2, 0) is 40.4 Å². The SMILES string of the molecule is O=C(Cc1cccc(C(F)(F)F)c1F)Nc1c(Cl)ccc2c1CCN(S(=O)(=O)c1ccccc1Oc1ccccc1)C2. The molecule has 42 heavy (non-hydrogen) atoms. The molecule has 4 aromatic rings. The van der Waals surface area contributed by atoms with Gasteiger partial charge in [-0.15, -0.1) is 0 Å². The monoisotopic (exact) mass is 618 g/mol. The summed E-state index contributed by atoms with van der Waals surface area (Å²) in [5, 5.41) is 2.74. The number of hydrogen-bond donors (Lipinski definition) is 1. The lowest BCUT2D eigenvalue weighted by Crippen LogP contribution is -2.36. The van der Waals surface area contributed by atoms with E-state index < -0.39 is 45.5 Å². The summed E-state index contributed by atoms with van der Waals surface area (Å²) < 4.78 is 88.3. The lowest BCUT2D eigenvalue weighted by molar-refractivity contribution is -0.140. The number of anilines is 1. The molecule has 0 unspecified atom stereocenters. The minimum absolute atomic E-state index is 0.0112. The summed E-state index contributed by atoms with van der Waals surface area (Å²) in [7, 11) is -4.01. The first-order valence-corrected chi connectivity index (χ1v) is 14.5. The van der Waals surface area contributed by atoms with Crippen LogP contribution in [0, 0.1) is 5.82 Å². The molecular weight excluding hydrogens is 596 g/mol. The summed E-state index contributed by atoms with van der Waals surface area (Å²) in [6.07, 6.45) is -5.38. The second kappa shape index (κ2) is 11.7. The largest absolute Gasteiger partial charge is 0.456 e. The Morgan fingerprint density at radius 3 is 2.40 bits per heavy atom. The number of nitrogens with zero attached hydrogens (tertiary/aromatic N) is 1. The van der Waals surface area contributed by atoms with Crippen molar-refractivity contribution in [1.82, 2.24) is 4.31 Å². The highest BCUT2D eigenvalue weighted by molar-refractivity contribution is 7.89. The zero-order valence-electron chi connectivity index (χ0n) is 21.8. The molecule has 1 amide bonds. The lowest BCUT2D eigenvalue weighted by atomic mass is 9.98. The second-order valence-corrected chi connectivity index (χ2v) is 11.8. The average Bonchev–Trinajstić information content (AvgIpc) is 2.95. The van der Waals surface area contributed by atoms with Crippen LogP contribution >= 0.6 is 11.6 Å². The molecule has 1 aliphatic rings. The van der Waals surface area contributed by atoms with E-state index in [1.54, 1.807) is 48.5 Å². The van der Waals surface area contributed by atoms with Gasteiger partial charge < -0.3 is 10.1 Å². The molecule has 0 atom stereocenters. The summed E-state index contributed by atoms with van der Waals surface area (Å²) in [6.45, 7) is 0.0279. The Kier molecular flexibility index (Phi) is 8.27. The molecule has 0 aliphatic carbocycles. The molecule has 0 aromatic heterocycles. The van der Waals surface area contributed by atoms with Crippen LogP contribution in [0.5, 0.6) is 11.5 Å². The van der Waals surface area contributed by atoms with Crippen LogP contribution in [-0.4, -0.2) is 25.2 Å². The van der Waals surface area contributed by atoms with Crippen LogP contribution in [0.4, 0.5) is 23.2 Å². The molecule has 12 heteroatoms. The predicted octanol–water partition coefficient (Wildman–Crippen LogP) is 7.22. The van der Waals surface area contributed by atoms with E-state index in [1.807, 2.05) is 6.07 Å². The fourth-order valence-corrected chi connectivity index (χ4v) is 6.49. The fourth-order valence-electron chi connectivity index (χ4n) is 4.74. The number of benzene rings is 4. The van der Waals surface area contributed by atoms with Crippen molar-refractivity contribution < 1.29 is 35.5 Å². The van der Waals surface area contributed by atoms with E-state index in [-0.39, 0.29) is 40.9 Å². The highest BCUT2D eigenvalue weighted by Crippen LogP contribution is 2.37. The zero-order valence-corrected chi connectivity index (χ0v) is 23.4. The molecule has 218 valence electrons. The molecule has 0 spiro atoms. The first kappa shape index (κ1) is 29.6. The molecule has 0 radical (unpaired) electrons. The van der Waals surface area contributed by atoms with E-state index in [4.69, 9.17) is 16.3 Å². The van der Waals surface area contributed by atoms with E-state index in [1.165, 1.54) is 16.4 Å². The summed E-state index contributed by atoms with van der Waals surface area (Å²) >= 11 is 6.36. The van der Waals surface area contributed by atoms with E-state index in [9.17, 15) is 30.8 Å². The van der Waals surface area contributed by atoms with Crippen molar-refractivity contribution in [2.45, 2.75) is 30.5 Å². The summed E-state index contributed by atoms with van der Waals surface area (Å²) in [6, 6.07) is 21.0. The van der Waals surface area contributed by atoms with Crippen LogP contribution in [0.25, 0.3) is 0 Å². The molecule has 1 aliphatic heterocycles. The first-order chi connectivity index (χ1) is 19.9. The predicted molar refractivity (Wildman–Crippen MR) is 149 cm³/mol. The normalized spacial score (nSPS) is 13.8. The van der Waals surface area contributed by atoms with Crippen LogP contribution in [0.1, 0.15) is 22.3 Å². The maximum Gasteiger partial charge on any atom is 0.419 e. The smallest absolute Gasteiger partial charge is 0.419 e. The number of alkyl halides is 3. The van der Waals surface area contributed by atoms with Gasteiger partial charge in [-0.2, -0.15) is 17.5 Å². The molecule has 5 rings (SSSR count). The van der Waals surface area contributed by atoms with Gasteiger partial charge in [0.1, 0.15) is 22.2 Å². The Labute approximate surface area is 244 Å². The molecule has 4 aromatic carbocycles. The number of sulfonamides is 1. The Morgan fingerprint density at radius 2 is 1.67 bits per heavy atom. The van der Waals surface area contributed by atoms with Crippen LogP contribution in [0.3, 0.4) is 0 Å². The van der Waals surface area contributed by atoms with Crippen LogP contribution in [0.15, 0.2) is 89.8 Å². The topological polar surface area (TPSA) is 75.7 Å². The lowest BCUT2D eigenvalue weighted by Gasteiger charge is -2.30. The van der Waals surface area contributed by atoms with E-state index in [0.29, 0.717) is 22.9 Å². The van der Waals surface area contributed by atoms with Crippen LogP contribution < -0.4 is 10.1 Å². The fraction of sp³-hybridized carbons (Fsp3) is 0.167. The van der Waals surface area contributed by atoms with E-state index >= 15 is 0 Å². The molecule has 0 saturated carbocycles. The second-order valence-electron chi connectivity index (χ2n) is 9.51. The minimum Gasteiger partial charge on any atom is -0.456 e. The molecular formula is C30H23ClF4N2O4S. The number of carbonyl (C=O) groups excluding carboxylic acids is 1.